The van der Waals surface area contributed by atoms with Crippen LogP contribution in [-0.4, -0.2) is 31.6 Å². The lowest BCUT2D eigenvalue weighted by atomic mass is 10.1. The zero-order valence-corrected chi connectivity index (χ0v) is 8.57. The SMILES string of the molecule is COC(=O)CNOC(=O)C(N)C(C)C. The normalized spacial score (nSPS) is 12.4. The van der Waals surface area contributed by atoms with Crippen LogP contribution in [0.4, 0.5) is 0 Å². The summed E-state index contributed by atoms with van der Waals surface area (Å²) in [5.41, 5.74) is 7.65. The number of hydroxylamine groups is 1. The lowest BCUT2D eigenvalue weighted by molar-refractivity contribution is -0.156. The van der Waals surface area contributed by atoms with E-state index < -0.39 is 18.0 Å². The molecule has 14 heavy (non-hydrogen) atoms. The minimum absolute atomic E-state index is 0.0116. The van der Waals surface area contributed by atoms with Crippen LogP contribution in [0, 0.1) is 5.92 Å². The zero-order chi connectivity index (χ0) is 11.1. The van der Waals surface area contributed by atoms with E-state index in [1.54, 1.807) is 13.8 Å². The van der Waals surface area contributed by atoms with Crippen LogP contribution in [0.25, 0.3) is 0 Å². The average molecular weight is 204 g/mol. The number of rotatable bonds is 5. The highest BCUT2D eigenvalue weighted by molar-refractivity contribution is 5.76. The molecule has 0 saturated carbocycles. The maximum absolute atomic E-state index is 11.1. The molecule has 0 spiro atoms. The minimum Gasteiger partial charge on any atom is -0.468 e. The molecule has 0 bridgehead atoms. The van der Waals surface area contributed by atoms with Gasteiger partial charge in [-0.1, -0.05) is 13.8 Å². The summed E-state index contributed by atoms with van der Waals surface area (Å²) < 4.78 is 4.32. The number of nitrogens with two attached hydrogens (primary N) is 1. The zero-order valence-electron chi connectivity index (χ0n) is 8.57. The van der Waals surface area contributed by atoms with E-state index in [0.29, 0.717) is 0 Å². The first kappa shape index (κ1) is 12.9. The van der Waals surface area contributed by atoms with Gasteiger partial charge in [0.1, 0.15) is 12.6 Å². The number of methoxy groups -OCH3 is 1. The average Bonchev–Trinajstić information content (AvgIpc) is 2.15. The first-order valence-corrected chi connectivity index (χ1v) is 4.25. The molecule has 0 aromatic carbocycles. The van der Waals surface area contributed by atoms with Gasteiger partial charge in [0.15, 0.2) is 0 Å². The standard InChI is InChI=1S/C8H16N2O4/c1-5(2)7(9)8(12)14-10-4-6(11)13-3/h5,7,10H,4,9H2,1-3H3. The molecule has 0 aliphatic rings. The summed E-state index contributed by atoms with van der Waals surface area (Å²) in [6, 6.07) is -0.694. The molecule has 0 saturated heterocycles. The third-order valence-corrected chi connectivity index (χ3v) is 1.61. The molecule has 1 atom stereocenters. The fourth-order valence-corrected chi connectivity index (χ4v) is 0.579. The van der Waals surface area contributed by atoms with Gasteiger partial charge in [-0.3, -0.25) is 4.79 Å². The largest absolute Gasteiger partial charge is 0.468 e. The Bertz CT molecular complexity index is 206. The molecule has 0 aliphatic carbocycles. The fraction of sp³-hybridized carbons (Fsp3) is 0.750. The van der Waals surface area contributed by atoms with Crippen LogP contribution in [0.5, 0.6) is 0 Å². The van der Waals surface area contributed by atoms with Gasteiger partial charge >= 0.3 is 11.9 Å². The number of carbonyl (C=O) groups is 2. The van der Waals surface area contributed by atoms with Crippen molar-refractivity contribution in [2.75, 3.05) is 13.7 Å². The fourth-order valence-electron chi connectivity index (χ4n) is 0.579. The Labute approximate surface area is 82.7 Å². The van der Waals surface area contributed by atoms with E-state index in [2.05, 4.69) is 15.1 Å². The van der Waals surface area contributed by atoms with Crippen molar-refractivity contribution < 1.29 is 19.2 Å². The van der Waals surface area contributed by atoms with Crippen LogP contribution in [0.1, 0.15) is 13.8 Å². The second kappa shape index (κ2) is 6.33. The molecule has 0 aliphatic heterocycles. The Kier molecular flexibility index (Phi) is 5.82. The van der Waals surface area contributed by atoms with Crippen LogP contribution in [0.2, 0.25) is 0 Å². The number of esters is 1. The van der Waals surface area contributed by atoms with Crippen molar-refractivity contribution in [1.82, 2.24) is 5.48 Å². The number of ether oxygens (including phenoxy) is 1. The molecule has 0 radical (unpaired) electrons. The van der Waals surface area contributed by atoms with Crippen molar-refractivity contribution in [1.29, 1.82) is 0 Å². The molecule has 0 aromatic rings. The van der Waals surface area contributed by atoms with Crippen LogP contribution in [0.15, 0.2) is 0 Å². The van der Waals surface area contributed by atoms with E-state index in [1.807, 2.05) is 0 Å². The second-order valence-electron chi connectivity index (χ2n) is 3.09. The van der Waals surface area contributed by atoms with Crippen molar-refractivity contribution in [2.45, 2.75) is 19.9 Å². The minimum atomic E-state index is -0.694. The summed E-state index contributed by atoms with van der Waals surface area (Å²) in [6.45, 7) is 3.41. The van der Waals surface area contributed by atoms with Gasteiger partial charge in [-0.25, -0.2) is 4.79 Å². The van der Waals surface area contributed by atoms with Crippen molar-refractivity contribution in [2.24, 2.45) is 11.7 Å². The highest BCUT2D eigenvalue weighted by Gasteiger charge is 2.19. The number of nitrogens with one attached hydrogen (secondary N) is 1. The molecule has 0 aromatic heterocycles. The Morgan fingerprint density at radius 2 is 2.00 bits per heavy atom. The van der Waals surface area contributed by atoms with Gasteiger partial charge in [-0.2, -0.15) is 0 Å². The second-order valence-corrected chi connectivity index (χ2v) is 3.09. The van der Waals surface area contributed by atoms with E-state index >= 15 is 0 Å². The lowest BCUT2D eigenvalue weighted by Gasteiger charge is -2.13. The van der Waals surface area contributed by atoms with E-state index in [4.69, 9.17) is 5.73 Å². The van der Waals surface area contributed by atoms with Crippen molar-refractivity contribution >= 4 is 11.9 Å². The molecular formula is C8H16N2O4. The first-order valence-electron chi connectivity index (χ1n) is 4.25. The molecule has 0 fully saturated rings. The van der Waals surface area contributed by atoms with E-state index in [-0.39, 0.29) is 12.5 Å². The molecule has 0 amide bonds. The van der Waals surface area contributed by atoms with Gasteiger partial charge in [0.05, 0.1) is 7.11 Å². The van der Waals surface area contributed by atoms with Gasteiger partial charge in [-0.15, -0.1) is 5.48 Å². The van der Waals surface area contributed by atoms with Crippen LogP contribution < -0.4 is 11.2 Å². The smallest absolute Gasteiger partial charge is 0.341 e. The first-order chi connectivity index (χ1) is 6.49. The van der Waals surface area contributed by atoms with Gasteiger partial charge < -0.3 is 15.3 Å². The van der Waals surface area contributed by atoms with Crippen molar-refractivity contribution in [3.63, 3.8) is 0 Å². The Morgan fingerprint density at radius 1 is 1.43 bits per heavy atom. The van der Waals surface area contributed by atoms with E-state index in [0.717, 1.165) is 0 Å². The topological polar surface area (TPSA) is 90.6 Å². The summed E-state index contributed by atoms with van der Waals surface area (Å²) in [7, 11) is 1.24. The number of hydrogen-bond donors (Lipinski definition) is 2. The Balaban J connectivity index is 3.69. The summed E-state index contributed by atoms with van der Waals surface area (Å²) in [4.78, 5) is 26.2. The molecule has 6 nitrogen and oxygen atoms in total. The summed E-state index contributed by atoms with van der Waals surface area (Å²) in [5, 5.41) is 0. The third-order valence-electron chi connectivity index (χ3n) is 1.61. The number of carbonyl (C=O) groups excluding carboxylic acids is 2. The quantitative estimate of drug-likeness (QED) is 0.449. The number of hydrogen-bond acceptors (Lipinski definition) is 6. The molecule has 3 N–H and O–H groups in total. The molecule has 1 unspecified atom stereocenters. The van der Waals surface area contributed by atoms with E-state index in [9.17, 15) is 9.59 Å². The molecule has 0 rings (SSSR count). The summed E-state index contributed by atoms with van der Waals surface area (Å²) in [5.74, 6) is -1.12. The highest BCUT2D eigenvalue weighted by Crippen LogP contribution is 1.98. The van der Waals surface area contributed by atoms with Crippen LogP contribution >= 0.6 is 0 Å². The van der Waals surface area contributed by atoms with Gasteiger partial charge in [0.25, 0.3) is 0 Å². The van der Waals surface area contributed by atoms with Gasteiger partial charge in [0.2, 0.25) is 0 Å². The molecular weight excluding hydrogens is 188 g/mol. The van der Waals surface area contributed by atoms with E-state index in [1.165, 1.54) is 7.11 Å². The lowest BCUT2D eigenvalue weighted by Crippen LogP contribution is -2.40. The molecule has 6 heteroatoms. The summed E-state index contributed by atoms with van der Waals surface area (Å²) in [6.07, 6.45) is 0. The molecule has 0 heterocycles. The van der Waals surface area contributed by atoms with Gasteiger partial charge in [-0.05, 0) is 5.92 Å². The monoisotopic (exact) mass is 204 g/mol. The van der Waals surface area contributed by atoms with Crippen LogP contribution in [0.3, 0.4) is 0 Å². The highest BCUT2D eigenvalue weighted by atomic mass is 16.7. The molecule has 82 valence electrons. The Morgan fingerprint density at radius 3 is 2.43 bits per heavy atom. The van der Waals surface area contributed by atoms with Gasteiger partial charge in [0, 0.05) is 0 Å². The maximum Gasteiger partial charge on any atom is 0.341 e. The van der Waals surface area contributed by atoms with Crippen LogP contribution in [-0.2, 0) is 19.2 Å². The Hall–Kier alpha value is -1.14. The summed E-state index contributed by atoms with van der Waals surface area (Å²) >= 11 is 0. The predicted octanol–water partition coefficient (Wildman–Crippen LogP) is -0.809. The maximum atomic E-state index is 11.1. The van der Waals surface area contributed by atoms with Crippen molar-refractivity contribution in [3.8, 4) is 0 Å². The third kappa shape index (κ3) is 4.78. The van der Waals surface area contributed by atoms with Crippen molar-refractivity contribution in [3.05, 3.63) is 0 Å². The predicted molar refractivity (Wildman–Crippen MR) is 48.9 cm³/mol.